The lowest BCUT2D eigenvalue weighted by Crippen LogP contribution is -2.09. The van der Waals surface area contributed by atoms with Crippen LogP contribution in [0.4, 0.5) is 5.69 Å². The van der Waals surface area contributed by atoms with Crippen molar-refractivity contribution in [2.24, 2.45) is 4.99 Å². The summed E-state index contributed by atoms with van der Waals surface area (Å²) in [4.78, 5) is 4.46. The lowest BCUT2D eigenvalue weighted by atomic mass is 10.1. The van der Waals surface area contributed by atoms with E-state index in [4.69, 9.17) is 0 Å². The maximum Gasteiger partial charge on any atom is 0.101 e. The number of para-hydroxylation sites is 1. The minimum atomic E-state index is 0.802. The second-order valence-electron chi connectivity index (χ2n) is 4.42. The minimum Gasteiger partial charge on any atom is -0.344 e. The van der Waals surface area contributed by atoms with E-state index < -0.39 is 0 Å². The Balaban J connectivity index is 1.83. The predicted molar refractivity (Wildman–Crippen MR) is 63.6 cm³/mol. The average Bonchev–Trinajstić information content (AvgIpc) is 2.99. The van der Waals surface area contributed by atoms with Crippen LogP contribution in [-0.2, 0) is 0 Å². The molecule has 1 fully saturated rings. The van der Waals surface area contributed by atoms with Crippen molar-refractivity contribution >= 4 is 11.5 Å². The normalized spacial score (nSPS) is 20.1. The van der Waals surface area contributed by atoms with Crippen LogP contribution in [0.15, 0.2) is 29.3 Å². The number of anilines is 1. The number of hydrogen-bond acceptors (Lipinski definition) is 2. The molecule has 78 valence electrons. The topological polar surface area (TPSA) is 24.4 Å². The zero-order valence-electron chi connectivity index (χ0n) is 8.87. The maximum absolute atomic E-state index is 4.46. The molecule has 0 aromatic heterocycles. The molecule has 15 heavy (non-hydrogen) atoms. The van der Waals surface area contributed by atoms with Crippen molar-refractivity contribution in [2.75, 3.05) is 11.9 Å². The van der Waals surface area contributed by atoms with Crippen LogP contribution in [0.25, 0.3) is 0 Å². The van der Waals surface area contributed by atoms with Gasteiger partial charge in [0, 0.05) is 18.7 Å². The van der Waals surface area contributed by atoms with Gasteiger partial charge in [0.1, 0.15) is 5.84 Å². The third-order valence-corrected chi connectivity index (χ3v) is 3.13. The van der Waals surface area contributed by atoms with Gasteiger partial charge in [-0.1, -0.05) is 18.2 Å². The Morgan fingerprint density at radius 1 is 1.20 bits per heavy atom. The van der Waals surface area contributed by atoms with Crippen LogP contribution in [0.2, 0.25) is 0 Å². The SMILES string of the molecule is c1ccc(C2CC2)c(NC2=NCCC2)c1. The molecule has 2 aliphatic rings. The highest BCUT2D eigenvalue weighted by Gasteiger charge is 2.26. The van der Waals surface area contributed by atoms with E-state index in [-0.39, 0.29) is 0 Å². The smallest absolute Gasteiger partial charge is 0.101 e. The molecule has 2 nitrogen and oxygen atoms in total. The molecule has 1 aliphatic carbocycles. The van der Waals surface area contributed by atoms with Crippen LogP contribution >= 0.6 is 0 Å². The van der Waals surface area contributed by atoms with Gasteiger partial charge in [-0.3, -0.25) is 4.99 Å². The number of nitrogens with zero attached hydrogens (tertiary/aromatic N) is 1. The third-order valence-electron chi connectivity index (χ3n) is 3.13. The number of nitrogens with one attached hydrogen (secondary N) is 1. The first-order valence-corrected chi connectivity index (χ1v) is 5.83. The number of hydrogen-bond donors (Lipinski definition) is 1. The van der Waals surface area contributed by atoms with Crippen molar-refractivity contribution in [3.63, 3.8) is 0 Å². The predicted octanol–water partition coefficient (Wildman–Crippen LogP) is 3.17. The van der Waals surface area contributed by atoms with Crippen molar-refractivity contribution in [1.29, 1.82) is 0 Å². The van der Waals surface area contributed by atoms with Gasteiger partial charge in [0.15, 0.2) is 0 Å². The van der Waals surface area contributed by atoms with E-state index >= 15 is 0 Å². The van der Waals surface area contributed by atoms with Crippen LogP contribution in [0.3, 0.4) is 0 Å². The van der Waals surface area contributed by atoms with E-state index in [0.717, 1.165) is 18.9 Å². The van der Waals surface area contributed by atoms with E-state index in [2.05, 4.69) is 34.6 Å². The highest BCUT2D eigenvalue weighted by atomic mass is 15.0. The van der Waals surface area contributed by atoms with Crippen LogP contribution < -0.4 is 5.32 Å². The first kappa shape index (κ1) is 8.96. The van der Waals surface area contributed by atoms with E-state index in [0.29, 0.717) is 0 Å². The van der Waals surface area contributed by atoms with Gasteiger partial charge < -0.3 is 5.32 Å². The fraction of sp³-hybridized carbons (Fsp3) is 0.462. The number of benzene rings is 1. The molecule has 0 amide bonds. The average molecular weight is 200 g/mol. The van der Waals surface area contributed by atoms with Crippen LogP contribution in [0.1, 0.15) is 37.2 Å². The summed E-state index contributed by atoms with van der Waals surface area (Å²) in [5.74, 6) is 1.97. The van der Waals surface area contributed by atoms with Crippen molar-refractivity contribution in [3.05, 3.63) is 29.8 Å². The third kappa shape index (κ3) is 1.89. The van der Waals surface area contributed by atoms with Crippen molar-refractivity contribution < 1.29 is 0 Å². The number of aliphatic imine (C=N–C) groups is 1. The molecule has 0 radical (unpaired) electrons. The van der Waals surface area contributed by atoms with Gasteiger partial charge in [0.2, 0.25) is 0 Å². The molecule has 0 spiro atoms. The van der Waals surface area contributed by atoms with Crippen molar-refractivity contribution in [2.45, 2.75) is 31.6 Å². The summed E-state index contributed by atoms with van der Waals surface area (Å²) in [6, 6.07) is 8.66. The van der Waals surface area contributed by atoms with Gasteiger partial charge in [0.25, 0.3) is 0 Å². The summed E-state index contributed by atoms with van der Waals surface area (Å²) in [6.07, 6.45) is 5.02. The molecule has 2 heteroatoms. The Morgan fingerprint density at radius 2 is 2.07 bits per heavy atom. The molecule has 0 atom stereocenters. The standard InChI is InChI=1S/C13H16N2/c1-2-5-12(11(4-1)10-7-8-10)15-13-6-3-9-14-13/h1-2,4-5,10H,3,6-9H2,(H,14,15). The Hall–Kier alpha value is -1.31. The van der Waals surface area contributed by atoms with Gasteiger partial charge in [-0.05, 0) is 36.8 Å². The van der Waals surface area contributed by atoms with Crippen LogP contribution in [0, 0.1) is 0 Å². The molecule has 1 saturated carbocycles. The highest BCUT2D eigenvalue weighted by Crippen LogP contribution is 2.43. The molecular weight excluding hydrogens is 184 g/mol. The van der Waals surface area contributed by atoms with Crippen LogP contribution in [-0.4, -0.2) is 12.4 Å². The summed E-state index contributed by atoms with van der Waals surface area (Å²) in [5.41, 5.74) is 2.76. The van der Waals surface area contributed by atoms with Crippen molar-refractivity contribution in [3.8, 4) is 0 Å². The molecule has 1 aromatic carbocycles. The van der Waals surface area contributed by atoms with E-state index in [1.165, 1.54) is 36.3 Å². The summed E-state index contributed by atoms with van der Waals surface area (Å²) >= 11 is 0. The quantitative estimate of drug-likeness (QED) is 0.779. The fourth-order valence-corrected chi connectivity index (χ4v) is 2.16. The molecule has 0 bridgehead atoms. The second kappa shape index (κ2) is 3.69. The zero-order valence-corrected chi connectivity index (χ0v) is 8.87. The molecule has 0 unspecified atom stereocenters. The first-order chi connectivity index (χ1) is 7.43. The summed E-state index contributed by atoms with van der Waals surface area (Å²) in [6.45, 7) is 0.994. The monoisotopic (exact) mass is 200 g/mol. The Kier molecular flexibility index (Phi) is 2.20. The summed E-state index contributed by atoms with van der Waals surface area (Å²) in [5, 5.41) is 3.48. The molecule has 0 saturated heterocycles. The van der Waals surface area contributed by atoms with E-state index in [9.17, 15) is 0 Å². The number of amidine groups is 1. The van der Waals surface area contributed by atoms with Gasteiger partial charge in [-0.15, -0.1) is 0 Å². The van der Waals surface area contributed by atoms with Gasteiger partial charge in [-0.2, -0.15) is 0 Å². The highest BCUT2D eigenvalue weighted by molar-refractivity contribution is 5.97. The number of rotatable bonds is 2. The zero-order chi connectivity index (χ0) is 10.1. The van der Waals surface area contributed by atoms with Gasteiger partial charge >= 0.3 is 0 Å². The molecular formula is C13H16N2. The lowest BCUT2D eigenvalue weighted by Gasteiger charge is -2.10. The Morgan fingerprint density at radius 3 is 2.80 bits per heavy atom. The van der Waals surface area contributed by atoms with Gasteiger partial charge in [0.05, 0.1) is 0 Å². The molecule has 1 N–H and O–H groups in total. The van der Waals surface area contributed by atoms with Crippen molar-refractivity contribution in [1.82, 2.24) is 0 Å². The second-order valence-corrected chi connectivity index (χ2v) is 4.42. The first-order valence-electron chi connectivity index (χ1n) is 5.83. The molecule has 1 aliphatic heterocycles. The Bertz CT molecular complexity index is 391. The summed E-state index contributed by atoms with van der Waals surface area (Å²) < 4.78 is 0. The van der Waals surface area contributed by atoms with E-state index in [1.54, 1.807) is 0 Å². The minimum absolute atomic E-state index is 0.802. The fourth-order valence-electron chi connectivity index (χ4n) is 2.16. The summed E-state index contributed by atoms with van der Waals surface area (Å²) in [7, 11) is 0. The molecule has 1 heterocycles. The maximum atomic E-state index is 4.46. The van der Waals surface area contributed by atoms with E-state index in [1.807, 2.05) is 0 Å². The largest absolute Gasteiger partial charge is 0.344 e. The lowest BCUT2D eigenvalue weighted by molar-refractivity contribution is 0.951. The van der Waals surface area contributed by atoms with Gasteiger partial charge in [-0.25, -0.2) is 0 Å². The molecule has 1 aromatic rings. The molecule has 3 rings (SSSR count). The Labute approximate surface area is 90.4 Å². The van der Waals surface area contributed by atoms with Crippen LogP contribution in [0.5, 0.6) is 0 Å².